The second-order valence-corrected chi connectivity index (χ2v) is 7.22. The lowest BCUT2D eigenvalue weighted by Gasteiger charge is -2.10. The van der Waals surface area contributed by atoms with Crippen molar-refractivity contribution in [2.75, 3.05) is 18.5 Å². The number of nitrogens with one attached hydrogen (secondary N) is 2. The number of amides is 2. The fourth-order valence-corrected chi connectivity index (χ4v) is 3.36. The number of carbonyl (C=O) groups is 2. The highest BCUT2D eigenvalue weighted by Gasteiger charge is 2.11. The van der Waals surface area contributed by atoms with Crippen molar-refractivity contribution in [3.8, 4) is 22.8 Å². The fraction of sp³-hybridized carbons (Fsp3) is 0.227. The largest absolute Gasteiger partial charge is 0.490 e. The summed E-state index contributed by atoms with van der Waals surface area (Å²) in [7, 11) is 0. The zero-order chi connectivity index (χ0) is 21.3. The average Bonchev–Trinajstić information content (AvgIpc) is 3.20. The minimum atomic E-state index is -0.298. The molecule has 8 heteroatoms. The molecule has 0 saturated heterocycles. The topological polar surface area (TPSA) is 89.6 Å². The lowest BCUT2D eigenvalue weighted by Crippen LogP contribution is -2.20. The molecule has 0 saturated carbocycles. The van der Waals surface area contributed by atoms with Crippen LogP contribution in [-0.4, -0.2) is 30.0 Å². The number of hydrogen-bond donors (Lipinski definition) is 2. The summed E-state index contributed by atoms with van der Waals surface area (Å²) in [5.74, 6) is 0.761. The molecule has 0 radical (unpaired) electrons. The van der Waals surface area contributed by atoms with E-state index in [0.29, 0.717) is 29.8 Å². The smallest absolute Gasteiger partial charge is 0.264 e. The normalized spacial score (nSPS) is 10.3. The van der Waals surface area contributed by atoms with Crippen molar-refractivity contribution in [1.82, 2.24) is 10.3 Å². The van der Waals surface area contributed by atoms with E-state index in [4.69, 9.17) is 9.47 Å². The van der Waals surface area contributed by atoms with Gasteiger partial charge in [-0.05, 0) is 24.6 Å². The van der Waals surface area contributed by atoms with Crippen molar-refractivity contribution >= 4 is 28.3 Å². The van der Waals surface area contributed by atoms with Crippen molar-refractivity contribution in [2.45, 2.75) is 20.4 Å². The van der Waals surface area contributed by atoms with Crippen molar-refractivity contribution in [3.05, 3.63) is 59.5 Å². The summed E-state index contributed by atoms with van der Waals surface area (Å²) in [4.78, 5) is 27.7. The average molecular weight is 426 g/mol. The number of anilines is 1. The third-order valence-electron chi connectivity index (χ3n) is 4.05. The highest BCUT2D eigenvalue weighted by molar-refractivity contribution is 7.14. The lowest BCUT2D eigenvalue weighted by atomic mass is 10.1. The molecule has 2 amide bonds. The van der Waals surface area contributed by atoms with E-state index >= 15 is 0 Å². The van der Waals surface area contributed by atoms with E-state index in [1.54, 1.807) is 12.1 Å². The van der Waals surface area contributed by atoms with Gasteiger partial charge in [-0.3, -0.25) is 14.9 Å². The molecule has 3 aromatic rings. The molecule has 0 atom stereocenters. The molecule has 2 N–H and O–H groups in total. The number of thiazole rings is 1. The van der Waals surface area contributed by atoms with Crippen LogP contribution < -0.4 is 20.1 Å². The summed E-state index contributed by atoms with van der Waals surface area (Å²) < 4.78 is 11.1. The van der Waals surface area contributed by atoms with Gasteiger partial charge in [0.1, 0.15) is 0 Å². The maximum Gasteiger partial charge on any atom is 0.264 e. The van der Waals surface area contributed by atoms with Crippen LogP contribution in [0.3, 0.4) is 0 Å². The van der Waals surface area contributed by atoms with Crippen LogP contribution in [0.15, 0.2) is 53.9 Å². The maximum absolute atomic E-state index is 12.2. The van der Waals surface area contributed by atoms with Crippen LogP contribution in [-0.2, 0) is 16.1 Å². The number of aromatic nitrogens is 1. The van der Waals surface area contributed by atoms with E-state index in [1.165, 1.54) is 18.3 Å². The first kappa shape index (κ1) is 21.3. The first-order valence-corrected chi connectivity index (χ1v) is 10.4. The molecule has 3 rings (SSSR count). The standard InChI is InChI=1S/C22H23N3O4S/c1-3-28-19-6-4-5-7-20(19)29-13-21(27)25-22-24-18(14-30-22)17-10-8-16(9-11-17)12-23-15(2)26/h4-11,14H,3,12-13H2,1-2H3,(H,23,26)(H,24,25,27). The zero-order valence-electron chi connectivity index (χ0n) is 16.8. The van der Waals surface area contributed by atoms with Crippen LogP contribution in [0, 0.1) is 0 Å². The summed E-state index contributed by atoms with van der Waals surface area (Å²) in [5.41, 5.74) is 2.70. The highest BCUT2D eigenvalue weighted by Crippen LogP contribution is 2.27. The second kappa shape index (κ2) is 10.4. The van der Waals surface area contributed by atoms with Gasteiger partial charge >= 0.3 is 0 Å². The highest BCUT2D eigenvalue weighted by atomic mass is 32.1. The molecule has 0 aliphatic carbocycles. The van der Waals surface area contributed by atoms with Crippen LogP contribution in [0.4, 0.5) is 5.13 Å². The van der Waals surface area contributed by atoms with Gasteiger partial charge in [0.25, 0.3) is 5.91 Å². The van der Waals surface area contributed by atoms with Gasteiger partial charge in [-0.25, -0.2) is 4.98 Å². The molecule has 0 bridgehead atoms. The Hall–Kier alpha value is -3.39. The van der Waals surface area contributed by atoms with Gasteiger partial charge in [0, 0.05) is 24.4 Å². The number of rotatable bonds is 9. The quantitative estimate of drug-likeness (QED) is 0.543. The molecule has 156 valence electrons. The van der Waals surface area contributed by atoms with E-state index in [9.17, 15) is 9.59 Å². The molecule has 0 aliphatic rings. The van der Waals surface area contributed by atoms with Crippen molar-refractivity contribution in [1.29, 1.82) is 0 Å². The SMILES string of the molecule is CCOc1ccccc1OCC(=O)Nc1nc(-c2ccc(CNC(C)=O)cc2)cs1. The molecule has 1 aromatic heterocycles. The zero-order valence-corrected chi connectivity index (χ0v) is 17.6. The molecule has 7 nitrogen and oxygen atoms in total. The van der Waals surface area contributed by atoms with Gasteiger partial charge in [0.2, 0.25) is 5.91 Å². The molecule has 0 aliphatic heterocycles. The maximum atomic E-state index is 12.2. The predicted octanol–water partition coefficient (Wildman–Crippen LogP) is 3.86. The number of nitrogens with zero attached hydrogens (tertiary/aromatic N) is 1. The lowest BCUT2D eigenvalue weighted by molar-refractivity contribution is -0.119. The summed E-state index contributed by atoms with van der Waals surface area (Å²) in [6.45, 7) is 4.24. The number of hydrogen-bond acceptors (Lipinski definition) is 6. The Labute approximate surface area is 179 Å². The fourth-order valence-electron chi connectivity index (χ4n) is 2.63. The van der Waals surface area contributed by atoms with E-state index in [1.807, 2.05) is 48.7 Å². The summed E-state index contributed by atoms with van der Waals surface area (Å²) in [5, 5.41) is 7.89. The van der Waals surface area contributed by atoms with Gasteiger partial charge < -0.3 is 14.8 Å². The predicted molar refractivity (Wildman–Crippen MR) is 117 cm³/mol. The molecule has 1 heterocycles. The summed E-state index contributed by atoms with van der Waals surface area (Å²) >= 11 is 1.34. The Kier molecular flexibility index (Phi) is 7.40. The Morgan fingerprint density at radius 1 is 1.03 bits per heavy atom. The van der Waals surface area contributed by atoms with Crippen LogP contribution >= 0.6 is 11.3 Å². The van der Waals surface area contributed by atoms with Crippen LogP contribution in [0.25, 0.3) is 11.3 Å². The second-order valence-electron chi connectivity index (χ2n) is 6.36. The Bertz CT molecular complexity index is 1000. The molecule has 0 spiro atoms. The van der Waals surface area contributed by atoms with Crippen molar-refractivity contribution in [3.63, 3.8) is 0 Å². The van der Waals surface area contributed by atoms with Gasteiger partial charge in [0.05, 0.1) is 12.3 Å². The Morgan fingerprint density at radius 2 is 1.73 bits per heavy atom. The van der Waals surface area contributed by atoms with Crippen LogP contribution in [0.2, 0.25) is 0 Å². The Balaban J connectivity index is 1.55. The summed E-state index contributed by atoms with van der Waals surface area (Å²) in [6, 6.07) is 15.0. The molecule has 0 unspecified atom stereocenters. The number of ether oxygens (including phenoxy) is 2. The minimum Gasteiger partial charge on any atom is -0.490 e. The van der Waals surface area contributed by atoms with Crippen LogP contribution in [0.1, 0.15) is 19.4 Å². The summed E-state index contributed by atoms with van der Waals surface area (Å²) in [6.07, 6.45) is 0. The molecule has 30 heavy (non-hydrogen) atoms. The molecular formula is C22H23N3O4S. The first-order valence-electron chi connectivity index (χ1n) is 9.49. The van der Waals surface area contributed by atoms with E-state index < -0.39 is 0 Å². The van der Waals surface area contributed by atoms with E-state index in [2.05, 4.69) is 15.6 Å². The third kappa shape index (κ3) is 6.05. The van der Waals surface area contributed by atoms with Crippen molar-refractivity contribution in [2.24, 2.45) is 0 Å². The van der Waals surface area contributed by atoms with Gasteiger partial charge in [-0.2, -0.15) is 0 Å². The number of para-hydroxylation sites is 2. The monoisotopic (exact) mass is 425 g/mol. The Morgan fingerprint density at radius 3 is 2.40 bits per heavy atom. The van der Waals surface area contributed by atoms with Gasteiger partial charge in [-0.1, -0.05) is 36.4 Å². The molecular weight excluding hydrogens is 402 g/mol. The number of benzene rings is 2. The van der Waals surface area contributed by atoms with Gasteiger partial charge in [-0.15, -0.1) is 11.3 Å². The van der Waals surface area contributed by atoms with Crippen molar-refractivity contribution < 1.29 is 19.1 Å². The molecule has 2 aromatic carbocycles. The third-order valence-corrected chi connectivity index (χ3v) is 4.81. The minimum absolute atomic E-state index is 0.0654. The van der Waals surface area contributed by atoms with Gasteiger partial charge in [0.15, 0.2) is 23.2 Å². The van der Waals surface area contributed by atoms with E-state index in [0.717, 1.165) is 16.8 Å². The molecule has 0 fully saturated rings. The van der Waals surface area contributed by atoms with E-state index in [-0.39, 0.29) is 18.4 Å². The first-order chi connectivity index (χ1) is 14.5. The number of carbonyl (C=O) groups excluding carboxylic acids is 2. The van der Waals surface area contributed by atoms with Crippen LogP contribution in [0.5, 0.6) is 11.5 Å².